The minimum Gasteiger partial charge on any atom is -0.467 e. The number of rotatable bonds is 6. The summed E-state index contributed by atoms with van der Waals surface area (Å²) < 4.78 is 4.64. The first-order chi connectivity index (χ1) is 9.76. The maximum atomic E-state index is 12.1. The van der Waals surface area contributed by atoms with E-state index in [-0.39, 0.29) is 18.2 Å². The zero-order valence-corrected chi connectivity index (χ0v) is 13.4. The molecule has 2 amide bonds. The smallest absolute Gasteiger partial charge is 0.330 e. The normalized spacial score (nSPS) is 12.4. The highest BCUT2D eigenvalue weighted by Crippen LogP contribution is 2.22. The van der Waals surface area contributed by atoms with Crippen molar-refractivity contribution in [2.24, 2.45) is 0 Å². The maximum Gasteiger partial charge on any atom is 0.330 e. The van der Waals surface area contributed by atoms with Crippen LogP contribution in [0.25, 0.3) is 0 Å². The van der Waals surface area contributed by atoms with Crippen molar-refractivity contribution in [3.8, 4) is 0 Å². The van der Waals surface area contributed by atoms with Crippen molar-refractivity contribution < 1.29 is 19.1 Å². The van der Waals surface area contributed by atoms with Crippen LogP contribution in [0.15, 0.2) is 17.5 Å². The van der Waals surface area contributed by atoms with Gasteiger partial charge in [-0.2, -0.15) is 0 Å². The Kier molecular flexibility index (Phi) is 5.90. The quantitative estimate of drug-likeness (QED) is 0.777. The fourth-order valence-corrected chi connectivity index (χ4v) is 2.63. The van der Waals surface area contributed by atoms with Crippen molar-refractivity contribution in [2.45, 2.75) is 38.8 Å². The Morgan fingerprint density at radius 2 is 2.05 bits per heavy atom. The highest BCUT2D eigenvalue weighted by atomic mass is 32.1. The number of hydrogen-bond acceptors (Lipinski definition) is 5. The maximum absolute atomic E-state index is 12.1. The number of nitrogens with one attached hydrogen (secondary N) is 2. The van der Waals surface area contributed by atoms with E-state index in [1.807, 2.05) is 17.5 Å². The second-order valence-corrected chi connectivity index (χ2v) is 6.12. The number of thiophene rings is 1. The second-order valence-electron chi connectivity index (χ2n) is 5.14. The molecule has 7 heteroatoms. The lowest BCUT2D eigenvalue weighted by Crippen LogP contribution is -2.51. The molecule has 0 aliphatic rings. The van der Waals surface area contributed by atoms with E-state index in [2.05, 4.69) is 15.4 Å². The molecule has 0 aliphatic carbocycles. The van der Waals surface area contributed by atoms with Crippen molar-refractivity contribution >= 4 is 29.1 Å². The second kappa shape index (κ2) is 7.21. The lowest BCUT2D eigenvalue weighted by Gasteiger charge is -2.24. The Morgan fingerprint density at radius 1 is 1.38 bits per heavy atom. The predicted molar refractivity (Wildman–Crippen MR) is 79.7 cm³/mol. The molecule has 0 aromatic carbocycles. The standard InChI is InChI=1S/C14H20N2O4S/c1-9(17)15-10(11-6-5-7-21-11)8-12(18)16-14(2,3)13(19)20-4/h5-7,10H,8H2,1-4H3,(H,15,17)(H,16,18)/t10-/m0/s1. The van der Waals surface area contributed by atoms with Gasteiger partial charge in [0.2, 0.25) is 11.8 Å². The van der Waals surface area contributed by atoms with Crippen molar-refractivity contribution in [1.82, 2.24) is 10.6 Å². The highest BCUT2D eigenvalue weighted by molar-refractivity contribution is 7.10. The monoisotopic (exact) mass is 312 g/mol. The summed E-state index contributed by atoms with van der Waals surface area (Å²) in [5.41, 5.74) is -1.11. The predicted octanol–water partition coefficient (Wildman–Crippen LogP) is 1.38. The average molecular weight is 312 g/mol. The Labute approximate surface area is 127 Å². The van der Waals surface area contributed by atoms with Crippen LogP contribution in [0.2, 0.25) is 0 Å². The fourth-order valence-electron chi connectivity index (χ4n) is 1.85. The molecule has 1 aromatic heterocycles. The third-order valence-corrected chi connectivity index (χ3v) is 3.79. The molecule has 6 nitrogen and oxygen atoms in total. The van der Waals surface area contributed by atoms with Crippen LogP contribution in [-0.4, -0.2) is 30.4 Å². The summed E-state index contributed by atoms with van der Waals surface area (Å²) in [6.07, 6.45) is 0.0561. The van der Waals surface area contributed by atoms with Gasteiger partial charge in [-0.15, -0.1) is 11.3 Å². The molecule has 2 N–H and O–H groups in total. The topological polar surface area (TPSA) is 84.5 Å². The first-order valence-corrected chi connectivity index (χ1v) is 7.34. The summed E-state index contributed by atoms with van der Waals surface area (Å²) in [5, 5.41) is 7.22. The van der Waals surface area contributed by atoms with Crippen LogP contribution in [0.1, 0.15) is 38.1 Å². The van der Waals surface area contributed by atoms with E-state index in [4.69, 9.17) is 0 Å². The van der Waals surface area contributed by atoms with E-state index in [9.17, 15) is 14.4 Å². The number of esters is 1. The van der Waals surface area contributed by atoms with Crippen molar-refractivity contribution in [3.63, 3.8) is 0 Å². The zero-order valence-electron chi connectivity index (χ0n) is 12.6. The Hall–Kier alpha value is -1.89. The minimum atomic E-state index is -1.11. The molecule has 0 spiro atoms. The van der Waals surface area contributed by atoms with Gasteiger partial charge >= 0.3 is 5.97 Å². The SMILES string of the molecule is COC(=O)C(C)(C)NC(=O)C[C@H](NC(C)=O)c1cccs1. The van der Waals surface area contributed by atoms with Gasteiger partial charge in [0.05, 0.1) is 19.6 Å². The number of methoxy groups -OCH3 is 1. The van der Waals surface area contributed by atoms with Crippen LogP contribution in [0, 0.1) is 0 Å². The van der Waals surface area contributed by atoms with Crippen LogP contribution < -0.4 is 10.6 Å². The molecule has 0 fully saturated rings. The molecule has 1 aromatic rings. The van der Waals surface area contributed by atoms with E-state index in [0.29, 0.717) is 0 Å². The molecule has 0 saturated carbocycles. The summed E-state index contributed by atoms with van der Waals surface area (Å²) in [7, 11) is 1.27. The molecule has 0 aliphatic heterocycles. The van der Waals surface area contributed by atoms with E-state index < -0.39 is 17.6 Å². The van der Waals surface area contributed by atoms with Crippen LogP contribution >= 0.6 is 11.3 Å². The molecule has 0 radical (unpaired) electrons. The molecule has 1 heterocycles. The Bertz CT molecular complexity index is 511. The number of hydrogen-bond donors (Lipinski definition) is 2. The highest BCUT2D eigenvalue weighted by Gasteiger charge is 2.31. The first-order valence-electron chi connectivity index (χ1n) is 6.46. The summed E-state index contributed by atoms with van der Waals surface area (Å²) in [6.45, 7) is 4.53. The van der Waals surface area contributed by atoms with Gasteiger partial charge in [0, 0.05) is 11.8 Å². The van der Waals surface area contributed by atoms with Gasteiger partial charge in [0.25, 0.3) is 0 Å². The number of carbonyl (C=O) groups excluding carboxylic acids is 3. The third kappa shape index (κ3) is 5.18. The van der Waals surface area contributed by atoms with E-state index in [0.717, 1.165) is 4.88 Å². The van der Waals surface area contributed by atoms with E-state index in [1.165, 1.54) is 25.4 Å². The van der Waals surface area contributed by atoms with Gasteiger partial charge < -0.3 is 15.4 Å². The summed E-state index contributed by atoms with van der Waals surface area (Å²) in [4.78, 5) is 35.8. The number of carbonyl (C=O) groups is 3. The Balaban J connectivity index is 2.73. The molecule has 0 saturated heterocycles. The van der Waals surface area contributed by atoms with Gasteiger partial charge in [0.15, 0.2) is 0 Å². The van der Waals surface area contributed by atoms with Gasteiger partial charge in [-0.3, -0.25) is 9.59 Å². The van der Waals surface area contributed by atoms with Gasteiger partial charge in [0.1, 0.15) is 5.54 Å². The van der Waals surface area contributed by atoms with Crippen molar-refractivity contribution in [3.05, 3.63) is 22.4 Å². The van der Waals surface area contributed by atoms with Crippen LogP contribution in [0.3, 0.4) is 0 Å². The van der Waals surface area contributed by atoms with Gasteiger partial charge in [-0.1, -0.05) is 6.07 Å². The Morgan fingerprint density at radius 3 is 2.52 bits per heavy atom. The fraction of sp³-hybridized carbons (Fsp3) is 0.500. The molecular formula is C14H20N2O4S. The van der Waals surface area contributed by atoms with Crippen LogP contribution in [0.4, 0.5) is 0 Å². The zero-order chi connectivity index (χ0) is 16.0. The molecular weight excluding hydrogens is 292 g/mol. The van der Waals surface area contributed by atoms with E-state index >= 15 is 0 Å². The summed E-state index contributed by atoms with van der Waals surface area (Å²) in [5.74, 6) is -1.07. The third-order valence-electron chi connectivity index (χ3n) is 2.80. The number of amides is 2. The van der Waals surface area contributed by atoms with Crippen LogP contribution in [-0.2, 0) is 19.1 Å². The summed E-state index contributed by atoms with van der Waals surface area (Å²) in [6, 6.07) is 3.30. The van der Waals surface area contributed by atoms with E-state index in [1.54, 1.807) is 13.8 Å². The van der Waals surface area contributed by atoms with Gasteiger partial charge in [-0.25, -0.2) is 4.79 Å². The lowest BCUT2D eigenvalue weighted by molar-refractivity contribution is -0.149. The first kappa shape index (κ1) is 17.2. The van der Waals surface area contributed by atoms with Crippen molar-refractivity contribution in [2.75, 3.05) is 7.11 Å². The molecule has 21 heavy (non-hydrogen) atoms. The number of ether oxygens (including phenoxy) is 1. The largest absolute Gasteiger partial charge is 0.467 e. The lowest BCUT2D eigenvalue weighted by atomic mass is 10.0. The van der Waals surface area contributed by atoms with Crippen LogP contribution in [0.5, 0.6) is 0 Å². The molecule has 0 unspecified atom stereocenters. The molecule has 1 atom stereocenters. The summed E-state index contributed by atoms with van der Waals surface area (Å²) >= 11 is 1.46. The van der Waals surface area contributed by atoms with Gasteiger partial charge in [-0.05, 0) is 25.3 Å². The molecule has 116 valence electrons. The molecule has 1 rings (SSSR count). The minimum absolute atomic E-state index is 0.0561. The molecule has 0 bridgehead atoms. The average Bonchev–Trinajstić information content (AvgIpc) is 2.89. The van der Waals surface area contributed by atoms with Crippen molar-refractivity contribution in [1.29, 1.82) is 0 Å².